The predicted octanol–water partition coefficient (Wildman–Crippen LogP) is 0.751. The minimum absolute atomic E-state index is 0. The molecule has 10 heteroatoms. The fourth-order valence-corrected chi connectivity index (χ4v) is 3.57. The Morgan fingerprint density at radius 2 is 2.00 bits per heavy atom. The van der Waals surface area contributed by atoms with Gasteiger partial charge in [-0.15, -0.1) is 34.2 Å². The average molecular weight is 526 g/mol. The molecule has 0 aromatic carbocycles. The molecule has 0 bridgehead atoms. The normalized spacial score (nSPS) is 17.6. The third kappa shape index (κ3) is 6.03. The number of amides is 1. The number of pyridine rings is 1. The number of nitrogens with one attached hydrogen (secondary N) is 2. The van der Waals surface area contributed by atoms with Crippen LogP contribution in [0.4, 0.5) is 0 Å². The second-order valence-electron chi connectivity index (χ2n) is 7.64. The van der Waals surface area contributed by atoms with Gasteiger partial charge in [0.1, 0.15) is 5.82 Å². The van der Waals surface area contributed by atoms with Gasteiger partial charge in [0.25, 0.3) is 0 Å². The van der Waals surface area contributed by atoms with E-state index in [1.807, 2.05) is 28.8 Å². The van der Waals surface area contributed by atoms with E-state index >= 15 is 0 Å². The fraction of sp³-hybridized carbons (Fsp3) is 0.600. The zero-order valence-corrected chi connectivity index (χ0v) is 19.8. The zero-order chi connectivity index (χ0) is 20.1. The number of guanidine groups is 1. The molecule has 4 rings (SSSR count). The Kier molecular flexibility index (Phi) is 8.25. The van der Waals surface area contributed by atoms with Crippen LogP contribution in [0.1, 0.15) is 25.6 Å². The molecule has 0 radical (unpaired) electrons. The van der Waals surface area contributed by atoms with Crippen molar-refractivity contribution in [1.29, 1.82) is 0 Å². The summed E-state index contributed by atoms with van der Waals surface area (Å²) in [5, 5.41) is 14.9. The molecule has 0 spiro atoms. The molecular weight excluding hydrogens is 495 g/mol. The highest BCUT2D eigenvalue weighted by atomic mass is 127. The third-order valence-electron chi connectivity index (χ3n) is 5.30. The molecule has 164 valence electrons. The molecule has 9 nitrogen and oxygen atoms in total. The highest BCUT2D eigenvalue weighted by molar-refractivity contribution is 14.0. The van der Waals surface area contributed by atoms with Gasteiger partial charge in [-0.2, -0.15) is 0 Å². The first kappa shape index (κ1) is 22.7. The molecule has 1 saturated carbocycles. The van der Waals surface area contributed by atoms with E-state index in [9.17, 15) is 4.79 Å². The van der Waals surface area contributed by atoms with Gasteiger partial charge in [0, 0.05) is 57.9 Å². The second-order valence-corrected chi connectivity index (χ2v) is 7.64. The SMILES string of the molecule is CCNC(=NCCc1nnc2ccccn12)N1CCN(CC(=O)NC2CC2)CC1.I. The fourth-order valence-electron chi connectivity index (χ4n) is 3.57. The minimum Gasteiger partial charge on any atom is -0.357 e. The summed E-state index contributed by atoms with van der Waals surface area (Å²) < 4.78 is 2.01. The first-order valence-electron chi connectivity index (χ1n) is 10.6. The molecule has 2 N–H and O–H groups in total. The van der Waals surface area contributed by atoms with Gasteiger partial charge in [0.2, 0.25) is 5.91 Å². The molecule has 1 amide bonds. The third-order valence-corrected chi connectivity index (χ3v) is 5.30. The second kappa shape index (κ2) is 10.9. The van der Waals surface area contributed by atoms with Crippen molar-refractivity contribution in [3.05, 3.63) is 30.2 Å². The molecule has 0 atom stereocenters. The number of hydrogen-bond acceptors (Lipinski definition) is 5. The molecular formula is C20H31IN8O. The van der Waals surface area contributed by atoms with Gasteiger partial charge in [0.15, 0.2) is 11.6 Å². The Bertz CT molecular complexity index is 857. The number of hydrogen-bond donors (Lipinski definition) is 2. The van der Waals surface area contributed by atoms with Crippen LogP contribution in [-0.2, 0) is 11.2 Å². The van der Waals surface area contributed by atoms with Crippen LogP contribution in [0.3, 0.4) is 0 Å². The molecule has 1 aliphatic carbocycles. The van der Waals surface area contributed by atoms with Crippen LogP contribution in [-0.4, -0.2) is 88.1 Å². The van der Waals surface area contributed by atoms with E-state index in [4.69, 9.17) is 4.99 Å². The van der Waals surface area contributed by atoms with Crippen molar-refractivity contribution in [3.63, 3.8) is 0 Å². The maximum absolute atomic E-state index is 12.0. The number of nitrogens with zero attached hydrogens (tertiary/aromatic N) is 6. The Hall–Kier alpha value is -1.95. The lowest BCUT2D eigenvalue weighted by Crippen LogP contribution is -2.54. The first-order chi connectivity index (χ1) is 14.2. The number of halogens is 1. The van der Waals surface area contributed by atoms with Crippen LogP contribution in [0.2, 0.25) is 0 Å². The van der Waals surface area contributed by atoms with Crippen LogP contribution in [0.25, 0.3) is 5.65 Å². The van der Waals surface area contributed by atoms with E-state index in [2.05, 4.69) is 37.6 Å². The van der Waals surface area contributed by atoms with E-state index in [0.717, 1.165) is 69.4 Å². The number of piperazine rings is 1. The van der Waals surface area contributed by atoms with E-state index in [1.165, 1.54) is 0 Å². The highest BCUT2D eigenvalue weighted by Gasteiger charge is 2.25. The summed E-state index contributed by atoms with van der Waals surface area (Å²) in [6.45, 7) is 7.55. The van der Waals surface area contributed by atoms with Gasteiger partial charge in [-0.1, -0.05) is 6.07 Å². The number of fused-ring (bicyclic) bond motifs is 1. The monoisotopic (exact) mass is 526 g/mol. The maximum Gasteiger partial charge on any atom is 0.234 e. The molecule has 3 heterocycles. The molecule has 30 heavy (non-hydrogen) atoms. The number of rotatable bonds is 7. The van der Waals surface area contributed by atoms with Crippen molar-refractivity contribution < 1.29 is 4.79 Å². The zero-order valence-electron chi connectivity index (χ0n) is 17.5. The summed E-state index contributed by atoms with van der Waals surface area (Å²) in [6.07, 6.45) is 4.98. The summed E-state index contributed by atoms with van der Waals surface area (Å²) in [5.74, 6) is 2.01. The Labute approximate surface area is 194 Å². The molecule has 2 aromatic heterocycles. The van der Waals surface area contributed by atoms with E-state index in [-0.39, 0.29) is 29.9 Å². The highest BCUT2D eigenvalue weighted by Crippen LogP contribution is 2.18. The standard InChI is InChI=1S/C20H30N8O.HI/c1-2-21-20(22-9-8-18-25-24-17-5-3-4-10-28(17)18)27-13-11-26(12-14-27)15-19(29)23-16-6-7-16;/h3-5,10,16H,2,6-9,11-15H2,1H3,(H,21,22)(H,23,29);1H. The smallest absolute Gasteiger partial charge is 0.234 e. The molecule has 1 aliphatic heterocycles. The number of carbonyl (C=O) groups excluding carboxylic acids is 1. The van der Waals surface area contributed by atoms with Crippen molar-refractivity contribution >= 4 is 41.5 Å². The predicted molar refractivity (Wildman–Crippen MR) is 127 cm³/mol. The maximum atomic E-state index is 12.0. The largest absolute Gasteiger partial charge is 0.357 e. The topological polar surface area (TPSA) is 90.2 Å². The lowest BCUT2D eigenvalue weighted by atomic mass is 10.3. The van der Waals surface area contributed by atoms with Crippen molar-refractivity contribution in [2.45, 2.75) is 32.2 Å². The van der Waals surface area contributed by atoms with Gasteiger partial charge in [-0.3, -0.25) is 19.1 Å². The summed E-state index contributed by atoms with van der Waals surface area (Å²) in [6, 6.07) is 6.33. The van der Waals surface area contributed by atoms with E-state index in [0.29, 0.717) is 19.1 Å². The van der Waals surface area contributed by atoms with E-state index in [1.54, 1.807) is 0 Å². The van der Waals surface area contributed by atoms with Crippen LogP contribution in [0, 0.1) is 0 Å². The van der Waals surface area contributed by atoms with Crippen LogP contribution < -0.4 is 10.6 Å². The van der Waals surface area contributed by atoms with Crippen molar-refractivity contribution in [2.24, 2.45) is 4.99 Å². The minimum atomic E-state index is 0. The Morgan fingerprint density at radius 1 is 1.20 bits per heavy atom. The Morgan fingerprint density at radius 3 is 2.73 bits per heavy atom. The Balaban J connectivity index is 0.00000256. The van der Waals surface area contributed by atoms with E-state index < -0.39 is 0 Å². The van der Waals surface area contributed by atoms with Gasteiger partial charge in [0.05, 0.1) is 6.54 Å². The summed E-state index contributed by atoms with van der Waals surface area (Å²) in [7, 11) is 0. The van der Waals surface area contributed by atoms with Crippen molar-refractivity contribution in [3.8, 4) is 0 Å². The van der Waals surface area contributed by atoms with Gasteiger partial charge < -0.3 is 15.5 Å². The number of carbonyl (C=O) groups is 1. The molecule has 2 aromatic rings. The summed E-state index contributed by atoms with van der Waals surface area (Å²) in [4.78, 5) is 21.3. The summed E-state index contributed by atoms with van der Waals surface area (Å²) >= 11 is 0. The van der Waals surface area contributed by atoms with Gasteiger partial charge >= 0.3 is 0 Å². The molecule has 1 saturated heterocycles. The lowest BCUT2D eigenvalue weighted by molar-refractivity contribution is -0.122. The van der Waals surface area contributed by atoms with Gasteiger partial charge in [-0.05, 0) is 31.9 Å². The number of aliphatic imine (C=N–C) groups is 1. The van der Waals surface area contributed by atoms with Crippen LogP contribution >= 0.6 is 24.0 Å². The molecule has 0 unspecified atom stereocenters. The van der Waals surface area contributed by atoms with Crippen LogP contribution in [0.15, 0.2) is 29.4 Å². The molecule has 2 aliphatic rings. The lowest BCUT2D eigenvalue weighted by Gasteiger charge is -2.36. The van der Waals surface area contributed by atoms with Crippen LogP contribution in [0.5, 0.6) is 0 Å². The first-order valence-corrected chi connectivity index (χ1v) is 10.6. The van der Waals surface area contributed by atoms with Crippen molar-refractivity contribution in [2.75, 3.05) is 45.8 Å². The van der Waals surface area contributed by atoms with Crippen molar-refractivity contribution in [1.82, 2.24) is 35.0 Å². The quantitative estimate of drug-likeness (QED) is 0.315. The van der Waals surface area contributed by atoms with Gasteiger partial charge in [-0.25, -0.2) is 0 Å². The summed E-state index contributed by atoms with van der Waals surface area (Å²) in [5.41, 5.74) is 0.861. The molecule has 2 fully saturated rings. The number of aromatic nitrogens is 3. The average Bonchev–Trinajstić information content (AvgIpc) is 3.45.